The topological polar surface area (TPSA) is 46.9 Å². The van der Waals surface area contributed by atoms with Crippen LogP contribution in [0.2, 0.25) is 0 Å². The predicted molar refractivity (Wildman–Crippen MR) is 88.0 cm³/mol. The first-order valence-electron chi connectivity index (χ1n) is 7.63. The molecule has 0 aliphatic carbocycles. The molecule has 2 aromatic carbocycles. The minimum Gasteiger partial charge on any atom is -0.321 e. The Hall–Kier alpha value is -3.23. The number of carbonyl (C=O) groups is 1. The minimum atomic E-state index is -4.80. The summed E-state index contributed by atoms with van der Waals surface area (Å²) >= 11 is 0. The number of aryl methyl sites for hydroxylation is 1. The van der Waals surface area contributed by atoms with Crippen molar-refractivity contribution in [2.24, 2.45) is 7.05 Å². The average molecular weight is 381 g/mol. The Morgan fingerprint density at radius 1 is 1.07 bits per heavy atom. The second-order valence-electron chi connectivity index (χ2n) is 5.69. The highest BCUT2D eigenvalue weighted by Gasteiger charge is 2.39. The second kappa shape index (κ2) is 6.82. The first-order chi connectivity index (χ1) is 12.7. The molecule has 4 nitrogen and oxygen atoms in total. The molecule has 27 heavy (non-hydrogen) atoms. The number of hydrogen-bond donors (Lipinski definition) is 1. The molecular formula is C18H12F5N3O. The molecule has 1 N–H and O–H groups in total. The number of aromatic nitrogens is 2. The summed E-state index contributed by atoms with van der Waals surface area (Å²) < 4.78 is 66.7. The van der Waals surface area contributed by atoms with Crippen molar-refractivity contribution in [2.45, 2.75) is 6.18 Å². The summed E-state index contributed by atoms with van der Waals surface area (Å²) in [5.74, 6) is -3.14. The predicted octanol–water partition coefficient (Wildman–Crippen LogP) is 4.64. The number of hydrogen-bond acceptors (Lipinski definition) is 2. The Kier molecular flexibility index (Phi) is 4.69. The van der Waals surface area contributed by atoms with Crippen LogP contribution in [0.4, 0.5) is 27.6 Å². The zero-order chi connectivity index (χ0) is 19.8. The van der Waals surface area contributed by atoms with E-state index in [-0.39, 0.29) is 11.3 Å². The van der Waals surface area contributed by atoms with Gasteiger partial charge in [0.1, 0.15) is 0 Å². The first-order valence-corrected chi connectivity index (χ1v) is 7.63. The number of amides is 1. The maximum Gasteiger partial charge on any atom is 0.435 e. The quantitative estimate of drug-likeness (QED) is 0.672. The van der Waals surface area contributed by atoms with Crippen LogP contribution in [-0.2, 0) is 13.2 Å². The van der Waals surface area contributed by atoms with Gasteiger partial charge < -0.3 is 5.32 Å². The summed E-state index contributed by atoms with van der Waals surface area (Å²) in [4.78, 5) is 12.4. The summed E-state index contributed by atoms with van der Waals surface area (Å²) in [6, 6.07) is 9.27. The van der Waals surface area contributed by atoms with E-state index in [1.165, 1.54) is 25.2 Å². The SMILES string of the molecule is Cn1cc(C(=O)Nc2ccccc2-c2ccc(F)c(F)c2)c(C(F)(F)F)n1. The normalized spacial score (nSPS) is 11.5. The Morgan fingerprint density at radius 2 is 1.78 bits per heavy atom. The van der Waals surface area contributed by atoms with Crippen LogP contribution in [0.1, 0.15) is 16.1 Å². The molecule has 0 atom stereocenters. The van der Waals surface area contributed by atoms with Crippen molar-refractivity contribution in [1.29, 1.82) is 0 Å². The molecule has 0 unspecified atom stereocenters. The monoisotopic (exact) mass is 381 g/mol. The minimum absolute atomic E-state index is 0.144. The molecule has 3 aromatic rings. The van der Waals surface area contributed by atoms with Gasteiger partial charge in [0, 0.05) is 24.5 Å². The van der Waals surface area contributed by atoms with Gasteiger partial charge in [-0.15, -0.1) is 0 Å². The molecule has 1 heterocycles. The van der Waals surface area contributed by atoms with E-state index in [2.05, 4.69) is 10.4 Å². The molecule has 1 aromatic heterocycles. The van der Waals surface area contributed by atoms with Gasteiger partial charge in [-0.2, -0.15) is 18.3 Å². The molecule has 0 bridgehead atoms. The Balaban J connectivity index is 1.98. The molecule has 9 heteroatoms. The fraction of sp³-hybridized carbons (Fsp3) is 0.111. The van der Waals surface area contributed by atoms with Crippen LogP contribution < -0.4 is 5.32 Å². The largest absolute Gasteiger partial charge is 0.435 e. The number of nitrogens with zero attached hydrogens (tertiary/aromatic N) is 2. The molecule has 0 spiro atoms. The second-order valence-corrected chi connectivity index (χ2v) is 5.69. The van der Waals surface area contributed by atoms with Crippen LogP contribution in [0.5, 0.6) is 0 Å². The van der Waals surface area contributed by atoms with E-state index in [1.54, 1.807) is 12.1 Å². The maximum absolute atomic E-state index is 13.5. The summed E-state index contributed by atoms with van der Waals surface area (Å²) in [5.41, 5.74) is -1.24. The molecule has 140 valence electrons. The van der Waals surface area contributed by atoms with Gasteiger partial charge in [-0.05, 0) is 23.8 Å². The van der Waals surface area contributed by atoms with Crippen molar-refractivity contribution in [3.63, 3.8) is 0 Å². The van der Waals surface area contributed by atoms with Crippen LogP contribution >= 0.6 is 0 Å². The lowest BCUT2D eigenvalue weighted by molar-refractivity contribution is -0.141. The van der Waals surface area contributed by atoms with Crippen LogP contribution in [0.15, 0.2) is 48.7 Å². The molecule has 1 amide bonds. The maximum atomic E-state index is 13.5. The van der Waals surface area contributed by atoms with E-state index in [9.17, 15) is 26.7 Å². The van der Waals surface area contributed by atoms with Crippen molar-refractivity contribution >= 4 is 11.6 Å². The third-order valence-corrected chi connectivity index (χ3v) is 3.75. The van der Waals surface area contributed by atoms with Crippen LogP contribution in [-0.4, -0.2) is 15.7 Å². The van der Waals surface area contributed by atoms with Crippen molar-refractivity contribution in [3.05, 3.63) is 71.6 Å². The average Bonchev–Trinajstić information content (AvgIpc) is 3.00. The van der Waals surface area contributed by atoms with Crippen LogP contribution in [0.3, 0.4) is 0 Å². The van der Waals surface area contributed by atoms with Gasteiger partial charge in [0.25, 0.3) is 5.91 Å². The molecule has 0 aliphatic heterocycles. The number of nitrogens with one attached hydrogen (secondary N) is 1. The Bertz CT molecular complexity index is 1010. The third kappa shape index (κ3) is 3.81. The Labute approximate surface area is 150 Å². The highest BCUT2D eigenvalue weighted by Crippen LogP contribution is 2.32. The number of para-hydroxylation sites is 1. The molecule has 0 fully saturated rings. The summed E-state index contributed by atoms with van der Waals surface area (Å²) in [7, 11) is 1.27. The van der Waals surface area contributed by atoms with Gasteiger partial charge in [0.05, 0.1) is 5.56 Å². The number of benzene rings is 2. The molecule has 0 saturated heterocycles. The highest BCUT2D eigenvalue weighted by molar-refractivity contribution is 6.07. The summed E-state index contributed by atoms with van der Waals surface area (Å²) in [5, 5.41) is 5.66. The van der Waals surface area contributed by atoms with Gasteiger partial charge in [0.15, 0.2) is 17.3 Å². The lowest BCUT2D eigenvalue weighted by Gasteiger charge is -2.12. The number of carbonyl (C=O) groups excluding carboxylic acids is 1. The zero-order valence-electron chi connectivity index (χ0n) is 13.8. The molecular weight excluding hydrogens is 369 g/mol. The smallest absolute Gasteiger partial charge is 0.321 e. The zero-order valence-corrected chi connectivity index (χ0v) is 13.8. The van der Waals surface area contributed by atoms with Crippen molar-refractivity contribution in [3.8, 4) is 11.1 Å². The van der Waals surface area contributed by atoms with E-state index in [0.29, 0.717) is 5.56 Å². The van der Waals surface area contributed by atoms with Crippen molar-refractivity contribution in [2.75, 3.05) is 5.32 Å². The summed E-state index contributed by atoms with van der Waals surface area (Å²) in [6.45, 7) is 0. The number of halogens is 5. The lowest BCUT2D eigenvalue weighted by Crippen LogP contribution is -2.18. The fourth-order valence-corrected chi connectivity index (χ4v) is 2.56. The van der Waals surface area contributed by atoms with Gasteiger partial charge in [0.2, 0.25) is 0 Å². The van der Waals surface area contributed by atoms with Gasteiger partial charge in [-0.25, -0.2) is 8.78 Å². The van der Waals surface area contributed by atoms with E-state index in [1.807, 2.05) is 0 Å². The third-order valence-electron chi connectivity index (χ3n) is 3.75. The first kappa shape index (κ1) is 18.6. The molecule has 0 saturated carbocycles. The molecule has 3 rings (SSSR count). The van der Waals surface area contributed by atoms with Gasteiger partial charge >= 0.3 is 6.18 Å². The van der Waals surface area contributed by atoms with Gasteiger partial charge in [-0.1, -0.05) is 24.3 Å². The van der Waals surface area contributed by atoms with E-state index in [0.717, 1.165) is 23.0 Å². The number of alkyl halides is 3. The lowest BCUT2D eigenvalue weighted by atomic mass is 10.0. The standard InChI is InChI=1S/C18H12F5N3O/c1-26-9-12(16(25-26)18(21,22)23)17(27)24-15-5-3-2-4-11(15)10-6-7-13(19)14(20)8-10/h2-9H,1H3,(H,24,27). The van der Waals surface area contributed by atoms with Gasteiger partial charge in [-0.3, -0.25) is 9.48 Å². The van der Waals surface area contributed by atoms with Crippen molar-refractivity contribution < 1.29 is 26.7 Å². The van der Waals surface area contributed by atoms with E-state index < -0.39 is 35.0 Å². The number of rotatable bonds is 3. The highest BCUT2D eigenvalue weighted by atomic mass is 19.4. The molecule has 0 aliphatic rings. The van der Waals surface area contributed by atoms with Crippen molar-refractivity contribution in [1.82, 2.24) is 9.78 Å². The van der Waals surface area contributed by atoms with Crippen LogP contribution in [0, 0.1) is 11.6 Å². The molecule has 0 radical (unpaired) electrons. The fourth-order valence-electron chi connectivity index (χ4n) is 2.56. The van der Waals surface area contributed by atoms with Crippen LogP contribution in [0.25, 0.3) is 11.1 Å². The number of anilines is 1. The van der Waals surface area contributed by atoms with E-state index in [4.69, 9.17) is 0 Å². The van der Waals surface area contributed by atoms with E-state index >= 15 is 0 Å². The summed E-state index contributed by atoms with van der Waals surface area (Å²) in [6.07, 6.45) is -3.84. The Morgan fingerprint density at radius 3 is 2.44 bits per heavy atom.